The topological polar surface area (TPSA) is 46.2 Å². The second kappa shape index (κ2) is 8.19. The maximum atomic E-state index is 12.7. The molecule has 0 saturated heterocycles. The van der Waals surface area contributed by atoms with Gasteiger partial charge in [0.15, 0.2) is 0 Å². The summed E-state index contributed by atoms with van der Waals surface area (Å²) < 4.78 is 1.07. The average Bonchev–Trinajstić information content (AvgIpc) is 2.65. The first kappa shape index (κ1) is 18.8. The Morgan fingerprint density at radius 1 is 0.926 bits per heavy atom. The Balaban J connectivity index is 1.36. The lowest BCUT2D eigenvalue weighted by Crippen LogP contribution is -2.40. The fourth-order valence-corrected chi connectivity index (χ4v) is 5.26. The number of benzene rings is 2. The van der Waals surface area contributed by atoms with Gasteiger partial charge in [-0.2, -0.15) is 0 Å². The van der Waals surface area contributed by atoms with Crippen LogP contribution in [0.5, 0.6) is 0 Å². The lowest BCUT2D eigenvalue weighted by Gasteiger charge is -2.36. The standard InChI is InChI=1S/C22H22BrNO2S/c23-17-4-8-19(9-5-17)27-20-10-6-18(7-11-20)24-22(26)16-12-14-2-1-3-15(13-16)21(14)25/h4-11,14-16H,1-3,12-13H2,(H,24,26). The summed E-state index contributed by atoms with van der Waals surface area (Å²) in [5.74, 6) is 0.651. The molecule has 2 saturated carbocycles. The minimum atomic E-state index is -0.0326. The summed E-state index contributed by atoms with van der Waals surface area (Å²) in [6.07, 6.45) is 4.49. The molecule has 140 valence electrons. The molecule has 1 N–H and O–H groups in total. The molecule has 0 aliphatic heterocycles. The quantitative estimate of drug-likeness (QED) is 0.636. The van der Waals surface area contributed by atoms with Gasteiger partial charge in [0, 0.05) is 37.7 Å². The second-order valence-electron chi connectivity index (χ2n) is 7.47. The maximum absolute atomic E-state index is 12.7. The molecule has 1 amide bonds. The van der Waals surface area contributed by atoms with Crippen molar-refractivity contribution in [2.75, 3.05) is 5.32 Å². The van der Waals surface area contributed by atoms with Gasteiger partial charge in [-0.1, -0.05) is 34.1 Å². The summed E-state index contributed by atoms with van der Waals surface area (Å²) in [5.41, 5.74) is 0.821. The Labute approximate surface area is 172 Å². The van der Waals surface area contributed by atoms with E-state index >= 15 is 0 Å². The number of rotatable bonds is 4. The molecule has 0 spiro atoms. The van der Waals surface area contributed by atoms with Crippen molar-refractivity contribution < 1.29 is 9.59 Å². The summed E-state index contributed by atoms with van der Waals surface area (Å²) in [6, 6.07) is 16.2. The smallest absolute Gasteiger partial charge is 0.227 e. The normalized spacial score (nSPS) is 24.5. The van der Waals surface area contributed by atoms with Gasteiger partial charge in [-0.25, -0.2) is 0 Å². The molecular formula is C22H22BrNO2S. The molecule has 4 rings (SSSR count). The van der Waals surface area contributed by atoms with E-state index in [0.29, 0.717) is 5.78 Å². The predicted octanol–water partition coefficient (Wildman–Crippen LogP) is 5.93. The third kappa shape index (κ3) is 4.46. The SMILES string of the molecule is O=C(Nc1ccc(Sc2ccc(Br)cc2)cc1)C1CC2CCCC(C1)C2=O. The lowest BCUT2D eigenvalue weighted by molar-refractivity contribution is -0.136. The molecule has 0 heterocycles. The highest BCUT2D eigenvalue weighted by atomic mass is 79.9. The number of amides is 1. The third-order valence-corrected chi connectivity index (χ3v) is 7.13. The van der Waals surface area contributed by atoms with Crippen LogP contribution in [0.2, 0.25) is 0 Å². The molecule has 5 heteroatoms. The molecule has 3 nitrogen and oxygen atoms in total. The molecule has 2 bridgehead atoms. The zero-order valence-electron chi connectivity index (χ0n) is 15.0. The number of hydrogen-bond acceptors (Lipinski definition) is 3. The van der Waals surface area contributed by atoms with Crippen molar-refractivity contribution in [1.29, 1.82) is 0 Å². The number of carbonyl (C=O) groups is 2. The summed E-state index contributed by atoms with van der Waals surface area (Å²) >= 11 is 5.14. The summed E-state index contributed by atoms with van der Waals surface area (Å²) in [5, 5.41) is 3.05. The molecule has 2 unspecified atom stereocenters. The van der Waals surface area contributed by atoms with Crippen LogP contribution in [0.1, 0.15) is 32.1 Å². The monoisotopic (exact) mass is 443 g/mol. The minimum Gasteiger partial charge on any atom is -0.326 e. The van der Waals surface area contributed by atoms with E-state index in [1.54, 1.807) is 11.8 Å². The van der Waals surface area contributed by atoms with Gasteiger partial charge in [0.2, 0.25) is 5.91 Å². The maximum Gasteiger partial charge on any atom is 0.227 e. The molecule has 27 heavy (non-hydrogen) atoms. The first-order valence-corrected chi connectivity index (χ1v) is 11.1. The van der Waals surface area contributed by atoms with Crippen molar-refractivity contribution >= 4 is 45.1 Å². The van der Waals surface area contributed by atoms with Gasteiger partial charge in [0.1, 0.15) is 5.78 Å². The highest BCUT2D eigenvalue weighted by Gasteiger charge is 2.41. The van der Waals surface area contributed by atoms with E-state index in [2.05, 4.69) is 33.4 Å². The van der Waals surface area contributed by atoms with E-state index in [4.69, 9.17) is 0 Å². The van der Waals surface area contributed by atoms with Crippen LogP contribution in [-0.2, 0) is 9.59 Å². The van der Waals surface area contributed by atoms with Gasteiger partial charge in [0.05, 0.1) is 0 Å². The summed E-state index contributed by atoms with van der Waals surface area (Å²) in [6.45, 7) is 0. The average molecular weight is 444 g/mol. The van der Waals surface area contributed by atoms with Crippen molar-refractivity contribution in [3.63, 3.8) is 0 Å². The highest BCUT2D eigenvalue weighted by Crippen LogP contribution is 2.40. The first-order chi connectivity index (χ1) is 13.1. The van der Waals surface area contributed by atoms with Gasteiger partial charge in [-0.3, -0.25) is 9.59 Å². The van der Waals surface area contributed by atoms with Crippen molar-refractivity contribution in [1.82, 2.24) is 0 Å². The largest absolute Gasteiger partial charge is 0.326 e. The molecule has 2 aromatic carbocycles. The molecule has 2 aromatic rings. The molecule has 0 radical (unpaired) electrons. The van der Waals surface area contributed by atoms with Gasteiger partial charge in [-0.05, 0) is 74.2 Å². The number of carbonyl (C=O) groups excluding carboxylic acids is 2. The minimum absolute atomic E-state index is 0.0326. The molecule has 0 aromatic heterocycles. The van der Waals surface area contributed by atoms with Gasteiger partial charge < -0.3 is 5.32 Å². The molecule has 2 aliphatic carbocycles. The number of nitrogens with one attached hydrogen (secondary N) is 1. The van der Waals surface area contributed by atoms with Crippen LogP contribution in [0.4, 0.5) is 5.69 Å². The van der Waals surface area contributed by atoms with Gasteiger partial charge in [-0.15, -0.1) is 0 Å². The number of fused-ring (bicyclic) bond motifs is 2. The zero-order chi connectivity index (χ0) is 18.8. The van der Waals surface area contributed by atoms with Crippen molar-refractivity contribution in [3.05, 3.63) is 53.0 Å². The zero-order valence-corrected chi connectivity index (χ0v) is 17.4. The van der Waals surface area contributed by atoms with Crippen molar-refractivity contribution in [3.8, 4) is 0 Å². The van der Waals surface area contributed by atoms with Crippen LogP contribution in [0.3, 0.4) is 0 Å². The summed E-state index contributed by atoms with van der Waals surface area (Å²) in [7, 11) is 0. The van der Waals surface area contributed by atoms with Crippen molar-refractivity contribution in [2.24, 2.45) is 17.8 Å². The predicted molar refractivity (Wildman–Crippen MR) is 112 cm³/mol. The van der Waals surface area contributed by atoms with Crippen LogP contribution < -0.4 is 5.32 Å². The van der Waals surface area contributed by atoms with Gasteiger partial charge in [0.25, 0.3) is 0 Å². The van der Waals surface area contributed by atoms with Crippen LogP contribution in [0, 0.1) is 17.8 Å². The Morgan fingerprint density at radius 3 is 2.07 bits per heavy atom. The Morgan fingerprint density at radius 2 is 1.48 bits per heavy atom. The van der Waals surface area contributed by atoms with E-state index in [0.717, 1.165) is 47.2 Å². The van der Waals surface area contributed by atoms with E-state index in [9.17, 15) is 9.59 Å². The van der Waals surface area contributed by atoms with Crippen LogP contribution in [0.25, 0.3) is 0 Å². The van der Waals surface area contributed by atoms with Gasteiger partial charge >= 0.3 is 0 Å². The van der Waals surface area contributed by atoms with E-state index in [1.807, 2.05) is 36.4 Å². The van der Waals surface area contributed by atoms with E-state index < -0.39 is 0 Å². The second-order valence-corrected chi connectivity index (χ2v) is 9.53. The summed E-state index contributed by atoms with van der Waals surface area (Å²) in [4.78, 5) is 27.2. The van der Waals surface area contributed by atoms with E-state index in [-0.39, 0.29) is 23.7 Å². The van der Waals surface area contributed by atoms with Crippen LogP contribution >= 0.6 is 27.7 Å². The van der Waals surface area contributed by atoms with Crippen molar-refractivity contribution in [2.45, 2.75) is 41.9 Å². The molecular weight excluding hydrogens is 422 g/mol. The Kier molecular flexibility index (Phi) is 5.69. The number of ketones is 1. The van der Waals surface area contributed by atoms with Crippen LogP contribution in [0.15, 0.2) is 62.8 Å². The number of Topliss-reactive ketones (excluding diaryl/α,β-unsaturated/α-hetero) is 1. The number of anilines is 1. The molecule has 2 aliphatic rings. The fraction of sp³-hybridized carbons (Fsp3) is 0.364. The lowest BCUT2D eigenvalue weighted by atomic mass is 9.67. The number of hydrogen-bond donors (Lipinski definition) is 1. The van der Waals surface area contributed by atoms with Crippen LogP contribution in [-0.4, -0.2) is 11.7 Å². The third-order valence-electron chi connectivity index (χ3n) is 5.59. The Bertz CT molecular complexity index is 818. The highest BCUT2D eigenvalue weighted by molar-refractivity contribution is 9.10. The number of halogens is 1. The first-order valence-electron chi connectivity index (χ1n) is 9.46. The molecule has 2 atom stereocenters. The molecule has 2 fully saturated rings. The Hall–Kier alpha value is -1.59. The fourth-order valence-electron chi connectivity index (χ4n) is 4.18. The van der Waals surface area contributed by atoms with E-state index in [1.165, 1.54) is 4.90 Å².